The van der Waals surface area contributed by atoms with E-state index in [0.717, 1.165) is 21.7 Å². The molecule has 1 aliphatic heterocycles. The van der Waals surface area contributed by atoms with E-state index >= 15 is 0 Å². The molecule has 0 saturated heterocycles. The van der Waals surface area contributed by atoms with Gasteiger partial charge in [0.05, 0.1) is 23.8 Å². The van der Waals surface area contributed by atoms with Gasteiger partial charge in [0.25, 0.3) is 0 Å². The van der Waals surface area contributed by atoms with Gasteiger partial charge >= 0.3 is 0 Å². The van der Waals surface area contributed by atoms with E-state index in [4.69, 9.17) is 9.47 Å². The second kappa shape index (κ2) is 8.06. The number of rotatable bonds is 5. The maximum Gasteiger partial charge on any atom is 0.234 e. The van der Waals surface area contributed by atoms with Gasteiger partial charge in [-0.25, -0.2) is 0 Å². The number of thioether (sulfide) groups is 1. The van der Waals surface area contributed by atoms with Crippen LogP contribution in [0.5, 0.6) is 11.5 Å². The van der Waals surface area contributed by atoms with Crippen LogP contribution in [0.4, 0.5) is 5.69 Å². The lowest BCUT2D eigenvalue weighted by Gasteiger charge is -2.17. The Kier molecular flexibility index (Phi) is 5.36. The van der Waals surface area contributed by atoms with Gasteiger partial charge in [0.2, 0.25) is 5.91 Å². The van der Waals surface area contributed by atoms with Crippen molar-refractivity contribution in [1.82, 2.24) is 0 Å². The van der Waals surface area contributed by atoms with Crippen molar-refractivity contribution in [2.75, 3.05) is 18.2 Å². The summed E-state index contributed by atoms with van der Waals surface area (Å²) in [4.78, 5) is 13.1. The number of hydrogen-bond donors (Lipinski definition) is 1. The zero-order valence-corrected chi connectivity index (χ0v) is 16.4. The van der Waals surface area contributed by atoms with E-state index in [2.05, 4.69) is 5.32 Å². The summed E-state index contributed by atoms with van der Waals surface area (Å²) >= 11 is 3.29. The van der Waals surface area contributed by atoms with Gasteiger partial charge < -0.3 is 14.8 Å². The van der Waals surface area contributed by atoms with Gasteiger partial charge in [-0.05, 0) is 34.7 Å². The quantitative estimate of drug-likeness (QED) is 0.650. The Morgan fingerprint density at radius 1 is 1.11 bits per heavy atom. The molecule has 2 aromatic carbocycles. The molecule has 6 heteroatoms. The van der Waals surface area contributed by atoms with Crippen LogP contribution in [0, 0.1) is 0 Å². The molecule has 1 N–H and O–H groups in total. The summed E-state index contributed by atoms with van der Waals surface area (Å²) in [6, 6.07) is 18.0. The third-order valence-electron chi connectivity index (χ3n) is 4.32. The Balaban J connectivity index is 1.63. The molecule has 0 aliphatic carbocycles. The fraction of sp³-hybridized carbons (Fsp3) is 0.190. The Morgan fingerprint density at radius 2 is 1.96 bits per heavy atom. The van der Waals surface area contributed by atoms with Crippen molar-refractivity contribution in [1.29, 1.82) is 0 Å². The molecule has 27 heavy (non-hydrogen) atoms. The fourth-order valence-corrected chi connectivity index (χ4v) is 5.24. The van der Waals surface area contributed by atoms with Crippen LogP contribution >= 0.6 is 23.1 Å². The second-order valence-electron chi connectivity index (χ2n) is 6.12. The molecule has 3 aromatic rings. The van der Waals surface area contributed by atoms with Crippen molar-refractivity contribution < 1.29 is 14.3 Å². The van der Waals surface area contributed by atoms with Gasteiger partial charge in [-0.2, -0.15) is 0 Å². The number of fused-ring (bicyclic) bond motifs is 1. The number of amides is 1. The van der Waals surface area contributed by atoms with Crippen molar-refractivity contribution in [3.05, 3.63) is 76.0 Å². The number of benzene rings is 2. The van der Waals surface area contributed by atoms with Gasteiger partial charge in [-0.1, -0.05) is 36.4 Å². The number of hydrogen-bond acceptors (Lipinski definition) is 5. The molecule has 1 atom stereocenters. The first-order valence-electron chi connectivity index (χ1n) is 8.58. The lowest BCUT2D eigenvalue weighted by Crippen LogP contribution is -2.11. The molecular formula is C21H19NO3S2. The third-order valence-corrected chi connectivity index (χ3v) is 6.72. The van der Waals surface area contributed by atoms with Crippen molar-refractivity contribution in [3.63, 3.8) is 0 Å². The Labute approximate surface area is 166 Å². The van der Waals surface area contributed by atoms with Crippen LogP contribution in [0.25, 0.3) is 0 Å². The first-order chi connectivity index (χ1) is 13.2. The predicted octanol–water partition coefficient (Wildman–Crippen LogP) is 5.11. The summed E-state index contributed by atoms with van der Waals surface area (Å²) < 4.78 is 11.5. The molecule has 0 bridgehead atoms. The highest BCUT2D eigenvalue weighted by Crippen LogP contribution is 2.46. The van der Waals surface area contributed by atoms with E-state index in [1.807, 2.05) is 60.0 Å². The molecule has 0 radical (unpaired) electrons. The van der Waals surface area contributed by atoms with Crippen molar-refractivity contribution in [3.8, 4) is 11.5 Å². The number of thiophene rings is 1. The minimum Gasteiger partial charge on any atom is -0.493 e. The van der Waals surface area contributed by atoms with Crippen LogP contribution in [0.15, 0.2) is 60.0 Å². The van der Waals surface area contributed by atoms with E-state index in [-0.39, 0.29) is 11.2 Å². The normalized spacial score (nSPS) is 16.2. The summed E-state index contributed by atoms with van der Waals surface area (Å²) in [6.07, 6.45) is 0. The Morgan fingerprint density at radius 3 is 2.78 bits per heavy atom. The highest BCUT2D eigenvalue weighted by atomic mass is 32.2. The van der Waals surface area contributed by atoms with Gasteiger partial charge in [-0.3, -0.25) is 4.79 Å². The van der Waals surface area contributed by atoms with Crippen LogP contribution in [-0.4, -0.2) is 18.8 Å². The summed E-state index contributed by atoms with van der Waals surface area (Å²) in [6.45, 7) is 0.475. The van der Waals surface area contributed by atoms with Crippen LogP contribution in [0.1, 0.15) is 21.3 Å². The largest absolute Gasteiger partial charge is 0.493 e. The molecule has 2 heterocycles. The molecular weight excluding hydrogens is 378 g/mol. The summed E-state index contributed by atoms with van der Waals surface area (Å²) in [5.41, 5.74) is 3.11. The molecule has 4 rings (SSSR count). The molecule has 1 aliphatic rings. The minimum absolute atomic E-state index is 0.0382. The SMILES string of the molecule is COc1ccc([C@@H]2SCC(=O)Nc3ccsc32)cc1OCc1ccccc1. The number of carbonyl (C=O) groups excluding carboxylic acids is 1. The van der Waals surface area contributed by atoms with Crippen LogP contribution in [0.2, 0.25) is 0 Å². The maximum atomic E-state index is 12.0. The number of nitrogens with one attached hydrogen (secondary N) is 1. The maximum absolute atomic E-state index is 12.0. The number of methoxy groups -OCH3 is 1. The molecule has 1 aromatic heterocycles. The van der Waals surface area contributed by atoms with E-state index in [1.54, 1.807) is 30.2 Å². The number of anilines is 1. The van der Waals surface area contributed by atoms with E-state index in [1.165, 1.54) is 0 Å². The van der Waals surface area contributed by atoms with Crippen molar-refractivity contribution >= 4 is 34.7 Å². The summed E-state index contributed by atoms with van der Waals surface area (Å²) in [5.74, 6) is 1.88. The van der Waals surface area contributed by atoms with Crippen LogP contribution in [0.3, 0.4) is 0 Å². The molecule has 0 fully saturated rings. The first kappa shape index (κ1) is 17.9. The van der Waals surface area contributed by atoms with E-state index in [9.17, 15) is 4.79 Å². The van der Waals surface area contributed by atoms with Gasteiger partial charge in [0.15, 0.2) is 11.5 Å². The summed E-state index contributed by atoms with van der Waals surface area (Å²) in [7, 11) is 1.64. The Bertz CT molecular complexity index is 940. The first-order valence-corrected chi connectivity index (χ1v) is 10.5. The van der Waals surface area contributed by atoms with Crippen LogP contribution in [-0.2, 0) is 11.4 Å². The number of ether oxygens (including phenoxy) is 2. The fourth-order valence-electron chi connectivity index (χ4n) is 3.00. The molecule has 0 saturated carbocycles. The zero-order chi connectivity index (χ0) is 18.6. The van der Waals surface area contributed by atoms with Crippen molar-refractivity contribution in [2.45, 2.75) is 11.9 Å². The van der Waals surface area contributed by atoms with Crippen molar-refractivity contribution in [2.24, 2.45) is 0 Å². The Hall–Kier alpha value is -2.44. The van der Waals surface area contributed by atoms with Gasteiger partial charge in [0, 0.05) is 4.88 Å². The summed E-state index contributed by atoms with van der Waals surface area (Å²) in [5, 5.41) is 5.08. The molecule has 4 nitrogen and oxygen atoms in total. The molecule has 1 amide bonds. The topological polar surface area (TPSA) is 47.6 Å². The highest BCUT2D eigenvalue weighted by Gasteiger charge is 2.26. The highest BCUT2D eigenvalue weighted by molar-refractivity contribution is 8.00. The molecule has 0 spiro atoms. The van der Waals surface area contributed by atoms with E-state index < -0.39 is 0 Å². The third kappa shape index (κ3) is 3.96. The number of carbonyl (C=O) groups is 1. The monoisotopic (exact) mass is 397 g/mol. The average molecular weight is 398 g/mol. The zero-order valence-electron chi connectivity index (χ0n) is 14.8. The van der Waals surface area contributed by atoms with Crippen LogP contribution < -0.4 is 14.8 Å². The standard InChI is InChI=1S/C21H19NO3S2/c1-24-17-8-7-15(11-18(17)25-12-14-5-3-2-4-6-14)20-21-16(9-10-26-21)22-19(23)13-27-20/h2-11,20H,12-13H2,1H3,(H,22,23)/t20-/m0/s1. The second-order valence-corrected chi connectivity index (χ2v) is 8.16. The average Bonchev–Trinajstić information content (AvgIpc) is 3.09. The molecule has 0 unspecified atom stereocenters. The van der Waals surface area contributed by atoms with Gasteiger partial charge in [0.1, 0.15) is 6.61 Å². The smallest absolute Gasteiger partial charge is 0.234 e. The lowest BCUT2D eigenvalue weighted by atomic mass is 10.1. The van der Waals surface area contributed by atoms with Gasteiger partial charge in [-0.15, -0.1) is 23.1 Å². The minimum atomic E-state index is 0.0382. The molecule has 138 valence electrons. The lowest BCUT2D eigenvalue weighted by molar-refractivity contribution is -0.113. The van der Waals surface area contributed by atoms with E-state index in [0.29, 0.717) is 23.9 Å². The predicted molar refractivity (Wildman–Crippen MR) is 111 cm³/mol.